The lowest BCUT2D eigenvalue weighted by Gasteiger charge is -2.26. The monoisotopic (exact) mass is 523 g/mol. The molecule has 0 aliphatic carbocycles. The lowest BCUT2D eigenvalue weighted by Crippen LogP contribution is -2.29. The minimum absolute atomic E-state index is 0.0766. The Morgan fingerprint density at radius 3 is 2.22 bits per heavy atom. The number of Topliss-reactive ketones (excluding diaryl/α,β-unsaturated/α-hetero) is 1. The van der Waals surface area contributed by atoms with Crippen LogP contribution in [0.15, 0.2) is 72.3 Å². The number of esters is 1. The zero-order valence-corrected chi connectivity index (χ0v) is 21.3. The van der Waals surface area contributed by atoms with E-state index in [1.165, 1.54) is 35.2 Å². The number of rotatable bonds is 5. The van der Waals surface area contributed by atoms with Crippen LogP contribution in [0.2, 0.25) is 10.0 Å². The maximum absolute atomic E-state index is 13.3. The van der Waals surface area contributed by atoms with Crippen molar-refractivity contribution in [3.05, 3.63) is 105 Å². The van der Waals surface area contributed by atoms with Crippen LogP contribution in [0.4, 0.5) is 5.69 Å². The van der Waals surface area contributed by atoms with E-state index >= 15 is 0 Å². The normalized spacial score (nSPS) is 17.1. The fourth-order valence-corrected chi connectivity index (χ4v) is 4.39. The van der Waals surface area contributed by atoms with Gasteiger partial charge in [-0.1, -0.05) is 53.0 Å². The molecule has 0 aromatic heterocycles. The molecule has 8 heteroatoms. The van der Waals surface area contributed by atoms with E-state index in [0.29, 0.717) is 21.8 Å². The first-order chi connectivity index (χ1) is 17.1. The van der Waals surface area contributed by atoms with Gasteiger partial charge in [0, 0.05) is 11.3 Å². The number of anilines is 1. The van der Waals surface area contributed by atoms with Gasteiger partial charge in [-0.15, -0.1) is 0 Å². The van der Waals surface area contributed by atoms with Crippen LogP contribution < -0.4 is 4.90 Å². The van der Waals surface area contributed by atoms with E-state index in [4.69, 9.17) is 27.9 Å². The van der Waals surface area contributed by atoms with Crippen molar-refractivity contribution in [2.75, 3.05) is 4.90 Å². The molecule has 1 N–H and O–H groups in total. The minimum Gasteiger partial charge on any atom is -0.507 e. The van der Waals surface area contributed by atoms with E-state index < -0.39 is 23.7 Å². The number of amides is 1. The highest BCUT2D eigenvalue weighted by atomic mass is 35.5. The fraction of sp³-hybridized carbons (Fsp3) is 0.179. The van der Waals surface area contributed by atoms with Gasteiger partial charge in [0.25, 0.3) is 11.7 Å². The van der Waals surface area contributed by atoms with Crippen LogP contribution in [0, 0.1) is 6.92 Å². The van der Waals surface area contributed by atoms with Crippen LogP contribution in [0.3, 0.4) is 0 Å². The highest BCUT2D eigenvalue weighted by Gasteiger charge is 2.47. The molecule has 1 atom stereocenters. The summed E-state index contributed by atoms with van der Waals surface area (Å²) in [5, 5.41) is 11.7. The molecule has 0 radical (unpaired) electrons. The van der Waals surface area contributed by atoms with E-state index in [9.17, 15) is 19.5 Å². The molecule has 1 aliphatic heterocycles. The average Bonchev–Trinajstić information content (AvgIpc) is 3.10. The first kappa shape index (κ1) is 25.5. The summed E-state index contributed by atoms with van der Waals surface area (Å²) in [6.45, 7) is 5.40. The van der Waals surface area contributed by atoms with E-state index in [1.54, 1.807) is 32.0 Å². The summed E-state index contributed by atoms with van der Waals surface area (Å²) in [7, 11) is 0. The number of carbonyl (C=O) groups excluding carboxylic acids is 3. The zero-order valence-electron chi connectivity index (χ0n) is 19.8. The molecule has 1 fully saturated rings. The van der Waals surface area contributed by atoms with E-state index in [2.05, 4.69) is 0 Å². The maximum Gasteiger partial charge on any atom is 0.338 e. The predicted molar refractivity (Wildman–Crippen MR) is 139 cm³/mol. The number of aryl methyl sites for hydroxylation is 1. The fourth-order valence-electron chi connectivity index (χ4n) is 4.09. The third-order valence-electron chi connectivity index (χ3n) is 5.72. The Morgan fingerprint density at radius 1 is 0.944 bits per heavy atom. The first-order valence-corrected chi connectivity index (χ1v) is 12.0. The number of halogens is 2. The van der Waals surface area contributed by atoms with Crippen molar-refractivity contribution in [1.29, 1.82) is 0 Å². The molecule has 4 rings (SSSR count). The molecule has 3 aromatic carbocycles. The zero-order chi connectivity index (χ0) is 26.1. The average molecular weight is 524 g/mol. The smallest absolute Gasteiger partial charge is 0.338 e. The second kappa shape index (κ2) is 10.2. The van der Waals surface area contributed by atoms with Crippen LogP contribution >= 0.6 is 23.2 Å². The molecule has 0 spiro atoms. The molecule has 6 nitrogen and oxygen atoms in total. The standard InChI is InChI=1S/C28H23Cl2NO5/c1-15(2)36-28(35)17-7-10-20(11-8-17)31-24(18-6-4-5-16(3)13-18)23(26(33)27(31)34)25(32)19-9-12-21(29)22(30)14-19/h4-15,24,32H,1-3H3/b25-23-. The Morgan fingerprint density at radius 2 is 1.61 bits per heavy atom. The second-order valence-corrected chi connectivity index (χ2v) is 9.53. The van der Waals surface area contributed by atoms with Crippen LogP contribution in [0.5, 0.6) is 0 Å². The number of hydrogen-bond acceptors (Lipinski definition) is 5. The molecule has 184 valence electrons. The molecule has 3 aromatic rings. The van der Waals surface area contributed by atoms with Gasteiger partial charge in [-0.2, -0.15) is 0 Å². The van der Waals surface area contributed by atoms with Gasteiger partial charge >= 0.3 is 5.97 Å². The first-order valence-electron chi connectivity index (χ1n) is 11.2. The van der Waals surface area contributed by atoms with Gasteiger partial charge < -0.3 is 9.84 Å². The van der Waals surface area contributed by atoms with Crippen molar-refractivity contribution in [3.8, 4) is 0 Å². The van der Waals surface area contributed by atoms with Crippen LogP contribution in [0.25, 0.3) is 5.76 Å². The SMILES string of the molecule is Cc1cccc(C2/C(=C(/O)c3ccc(Cl)c(Cl)c3)C(=O)C(=O)N2c2ccc(C(=O)OC(C)C)cc2)c1. The van der Waals surface area contributed by atoms with Crippen molar-refractivity contribution < 1.29 is 24.2 Å². The largest absolute Gasteiger partial charge is 0.507 e. The van der Waals surface area contributed by atoms with Gasteiger partial charge in [-0.25, -0.2) is 4.79 Å². The van der Waals surface area contributed by atoms with Crippen LogP contribution in [-0.2, 0) is 14.3 Å². The number of aliphatic hydroxyl groups excluding tert-OH is 1. The number of benzene rings is 3. The number of ether oxygens (including phenoxy) is 1. The molecule has 1 unspecified atom stereocenters. The lowest BCUT2D eigenvalue weighted by atomic mass is 9.94. The maximum atomic E-state index is 13.3. The highest BCUT2D eigenvalue weighted by molar-refractivity contribution is 6.51. The summed E-state index contributed by atoms with van der Waals surface area (Å²) in [6, 6.07) is 17.1. The number of nitrogens with zero attached hydrogens (tertiary/aromatic N) is 1. The third-order valence-corrected chi connectivity index (χ3v) is 6.46. The highest BCUT2D eigenvalue weighted by Crippen LogP contribution is 2.42. The van der Waals surface area contributed by atoms with Gasteiger partial charge in [-0.3, -0.25) is 14.5 Å². The Labute approximate surface area is 218 Å². The van der Waals surface area contributed by atoms with Crippen LogP contribution in [0.1, 0.15) is 46.9 Å². The molecule has 1 heterocycles. The Balaban J connectivity index is 1.86. The van der Waals surface area contributed by atoms with Crippen molar-refractivity contribution >= 4 is 52.3 Å². The topological polar surface area (TPSA) is 83.9 Å². The summed E-state index contributed by atoms with van der Waals surface area (Å²) in [4.78, 5) is 40.2. The molecule has 1 saturated heterocycles. The Kier molecular flexibility index (Phi) is 7.20. The summed E-state index contributed by atoms with van der Waals surface area (Å²) in [5.74, 6) is -2.50. The Bertz CT molecular complexity index is 1400. The molecule has 0 bridgehead atoms. The lowest BCUT2D eigenvalue weighted by molar-refractivity contribution is -0.132. The minimum atomic E-state index is -0.909. The van der Waals surface area contributed by atoms with E-state index in [1.807, 2.05) is 25.1 Å². The van der Waals surface area contributed by atoms with Gasteiger partial charge in [0.15, 0.2) is 0 Å². The van der Waals surface area contributed by atoms with Gasteiger partial charge in [0.05, 0.1) is 33.3 Å². The molecule has 1 aliphatic rings. The number of hydrogen-bond donors (Lipinski definition) is 1. The molecular formula is C28H23Cl2NO5. The van der Waals surface area contributed by atoms with Crippen molar-refractivity contribution in [2.45, 2.75) is 32.9 Å². The molecular weight excluding hydrogens is 501 g/mol. The molecule has 36 heavy (non-hydrogen) atoms. The van der Waals surface area contributed by atoms with Crippen molar-refractivity contribution in [1.82, 2.24) is 0 Å². The summed E-state index contributed by atoms with van der Waals surface area (Å²) >= 11 is 12.1. The van der Waals surface area contributed by atoms with Crippen LogP contribution in [-0.4, -0.2) is 28.9 Å². The summed E-state index contributed by atoms with van der Waals surface area (Å²) in [6.07, 6.45) is -0.280. The predicted octanol–water partition coefficient (Wildman–Crippen LogP) is 6.49. The number of ketones is 1. The third kappa shape index (κ3) is 4.87. The van der Waals surface area contributed by atoms with E-state index in [-0.39, 0.29) is 28.0 Å². The Hall–Kier alpha value is -3.61. The summed E-state index contributed by atoms with van der Waals surface area (Å²) < 4.78 is 5.22. The number of carbonyl (C=O) groups is 3. The van der Waals surface area contributed by atoms with Gasteiger partial charge in [0.2, 0.25) is 0 Å². The molecule has 1 amide bonds. The number of aliphatic hydroxyl groups is 1. The van der Waals surface area contributed by atoms with Crippen molar-refractivity contribution in [3.63, 3.8) is 0 Å². The summed E-state index contributed by atoms with van der Waals surface area (Å²) in [5.41, 5.74) is 2.43. The van der Waals surface area contributed by atoms with Crippen molar-refractivity contribution in [2.24, 2.45) is 0 Å². The van der Waals surface area contributed by atoms with E-state index in [0.717, 1.165) is 5.56 Å². The molecule has 0 saturated carbocycles. The second-order valence-electron chi connectivity index (χ2n) is 8.71. The quantitative estimate of drug-likeness (QED) is 0.179. The van der Waals surface area contributed by atoms with Gasteiger partial charge in [0.1, 0.15) is 5.76 Å². The van der Waals surface area contributed by atoms with Gasteiger partial charge in [-0.05, 0) is 68.8 Å².